The predicted octanol–water partition coefficient (Wildman–Crippen LogP) is 3.93. The van der Waals surface area contributed by atoms with Crippen LogP contribution in [-0.4, -0.2) is 34.8 Å². The topological polar surface area (TPSA) is 67.3 Å². The Bertz CT molecular complexity index is 833. The number of aliphatic hydroxyl groups excluding tert-OH is 1. The maximum atomic E-state index is 9.71. The van der Waals surface area contributed by atoms with Gasteiger partial charge in [0.2, 0.25) is 0 Å². The van der Waals surface area contributed by atoms with Crippen molar-refractivity contribution in [1.82, 2.24) is 9.97 Å². The molecule has 0 unspecified atom stereocenters. The first-order chi connectivity index (χ1) is 12.1. The van der Waals surface area contributed by atoms with Crippen LogP contribution in [0.3, 0.4) is 0 Å². The lowest BCUT2D eigenvalue weighted by atomic mass is 10.0. The Morgan fingerprint density at radius 2 is 1.96 bits per heavy atom. The molecule has 0 radical (unpaired) electrons. The second kappa shape index (κ2) is 7.91. The third-order valence-corrected chi connectivity index (χ3v) is 5.03. The molecule has 2 heterocycles. The van der Waals surface area contributed by atoms with Gasteiger partial charge in [-0.3, -0.25) is 0 Å². The molecular weight excluding hydrogens is 334 g/mol. The average Bonchev–Trinajstić information content (AvgIpc) is 3.04. The van der Waals surface area contributed by atoms with Crippen LogP contribution in [0.4, 0.5) is 5.82 Å². The number of rotatable bonds is 7. The van der Waals surface area contributed by atoms with E-state index < -0.39 is 0 Å². The minimum absolute atomic E-state index is 0.0492. The molecule has 6 heteroatoms. The quantitative estimate of drug-likeness (QED) is 0.670. The fourth-order valence-corrected chi connectivity index (χ4v) is 3.68. The van der Waals surface area contributed by atoms with Crippen molar-refractivity contribution in [2.45, 2.75) is 26.5 Å². The third-order valence-electron chi connectivity index (χ3n) is 4.16. The van der Waals surface area contributed by atoms with Crippen LogP contribution in [0.1, 0.15) is 19.7 Å². The summed E-state index contributed by atoms with van der Waals surface area (Å²) < 4.78 is 5.20. The normalized spacial score (nSPS) is 12.7. The van der Waals surface area contributed by atoms with Gasteiger partial charge in [-0.15, -0.1) is 11.3 Å². The highest BCUT2D eigenvalue weighted by molar-refractivity contribution is 7.17. The first kappa shape index (κ1) is 17.8. The standard InChI is InChI=1S/C19H23N3O2S/c1-12(2)15(9-23)20-18-17-14(13-7-5-4-6-8-13)11-25-19(17)22-16(21-18)10-24-3/h4-8,11-12,15,23H,9-10H2,1-3H3,(H,20,21,22)/t15-/m1/s1. The highest BCUT2D eigenvalue weighted by atomic mass is 32.1. The van der Waals surface area contributed by atoms with Crippen LogP contribution in [0.2, 0.25) is 0 Å². The summed E-state index contributed by atoms with van der Waals surface area (Å²) >= 11 is 1.60. The van der Waals surface area contributed by atoms with Gasteiger partial charge in [-0.25, -0.2) is 9.97 Å². The van der Waals surface area contributed by atoms with Crippen LogP contribution in [0.15, 0.2) is 35.7 Å². The molecule has 2 N–H and O–H groups in total. The molecule has 3 aromatic rings. The summed E-state index contributed by atoms with van der Waals surface area (Å²) in [7, 11) is 1.63. The monoisotopic (exact) mass is 357 g/mol. The molecule has 2 aromatic heterocycles. The van der Waals surface area contributed by atoms with Crippen molar-refractivity contribution in [3.05, 3.63) is 41.5 Å². The lowest BCUT2D eigenvalue weighted by Gasteiger charge is -2.21. The number of fused-ring (bicyclic) bond motifs is 1. The minimum Gasteiger partial charge on any atom is -0.394 e. The number of methoxy groups -OCH3 is 1. The molecule has 0 fully saturated rings. The number of thiophene rings is 1. The third kappa shape index (κ3) is 3.81. The van der Waals surface area contributed by atoms with Crippen LogP contribution in [0.25, 0.3) is 21.3 Å². The van der Waals surface area contributed by atoms with E-state index in [0.717, 1.165) is 27.2 Å². The van der Waals surface area contributed by atoms with Gasteiger partial charge in [-0.2, -0.15) is 0 Å². The van der Waals surface area contributed by atoms with Gasteiger partial charge in [0.15, 0.2) is 5.82 Å². The van der Waals surface area contributed by atoms with Crippen LogP contribution in [0.5, 0.6) is 0 Å². The number of nitrogens with zero attached hydrogens (tertiary/aromatic N) is 2. The predicted molar refractivity (Wildman–Crippen MR) is 103 cm³/mol. The van der Waals surface area contributed by atoms with Crippen LogP contribution in [-0.2, 0) is 11.3 Å². The van der Waals surface area contributed by atoms with Crippen LogP contribution >= 0.6 is 11.3 Å². The van der Waals surface area contributed by atoms with E-state index in [4.69, 9.17) is 4.74 Å². The molecule has 0 aliphatic heterocycles. The zero-order valence-electron chi connectivity index (χ0n) is 14.7. The first-order valence-corrected chi connectivity index (χ1v) is 9.21. The Hall–Kier alpha value is -2.02. The van der Waals surface area contributed by atoms with Crippen molar-refractivity contribution in [2.75, 3.05) is 19.0 Å². The number of ether oxygens (including phenoxy) is 1. The van der Waals surface area contributed by atoms with Crippen molar-refractivity contribution in [3.8, 4) is 11.1 Å². The van der Waals surface area contributed by atoms with Crippen molar-refractivity contribution >= 4 is 27.4 Å². The van der Waals surface area contributed by atoms with E-state index in [2.05, 4.69) is 46.6 Å². The molecule has 1 atom stereocenters. The van der Waals surface area contributed by atoms with E-state index in [1.165, 1.54) is 0 Å². The van der Waals surface area contributed by atoms with E-state index in [1.54, 1.807) is 18.4 Å². The second-order valence-electron chi connectivity index (χ2n) is 6.29. The SMILES string of the molecule is COCc1nc(N[C@H](CO)C(C)C)c2c(-c3ccccc3)csc2n1. The number of benzene rings is 1. The summed E-state index contributed by atoms with van der Waals surface area (Å²) in [4.78, 5) is 10.2. The molecule has 0 aliphatic rings. The molecule has 0 aliphatic carbocycles. The van der Waals surface area contributed by atoms with Gasteiger partial charge in [-0.05, 0) is 11.5 Å². The van der Waals surface area contributed by atoms with Gasteiger partial charge in [-0.1, -0.05) is 44.2 Å². The maximum absolute atomic E-state index is 9.71. The Labute approximate surface area is 151 Å². The first-order valence-electron chi connectivity index (χ1n) is 8.34. The largest absolute Gasteiger partial charge is 0.394 e. The smallest absolute Gasteiger partial charge is 0.158 e. The number of nitrogens with one attached hydrogen (secondary N) is 1. The number of aliphatic hydroxyl groups is 1. The second-order valence-corrected chi connectivity index (χ2v) is 7.15. The Kier molecular flexibility index (Phi) is 5.63. The van der Waals surface area contributed by atoms with E-state index in [-0.39, 0.29) is 18.6 Å². The molecule has 3 rings (SSSR count). The lowest BCUT2D eigenvalue weighted by molar-refractivity contribution is 0.178. The van der Waals surface area contributed by atoms with Gasteiger partial charge in [0, 0.05) is 18.1 Å². The van der Waals surface area contributed by atoms with Gasteiger partial charge in [0.25, 0.3) is 0 Å². The van der Waals surface area contributed by atoms with Crippen LogP contribution < -0.4 is 5.32 Å². The fraction of sp³-hybridized carbons (Fsp3) is 0.368. The number of aromatic nitrogens is 2. The summed E-state index contributed by atoms with van der Waals surface area (Å²) in [5, 5.41) is 16.2. The summed E-state index contributed by atoms with van der Waals surface area (Å²) in [6.45, 7) is 4.56. The summed E-state index contributed by atoms with van der Waals surface area (Å²) in [5.74, 6) is 1.67. The summed E-state index contributed by atoms with van der Waals surface area (Å²) in [5.41, 5.74) is 2.23. The zero-order valence-corrected chi connectivity index (χ0v) is 15.5. The number of hydrogen-bond acceptors (Lipinski definition) is 6. The van der Waals surface area contributed by atoms with E-state index in [0.29, 0.717) is 12.4 Å². The molecule has 1 aromatic carbocycles. The zero-order chi connectivity index (χ0) is 17.8. The van der Waals surface area contributed by atoms with Gasteiger partial charge < -0.3 is 15.2 Å². The van der Waals surface area contributed by atoms with Crippen molar-refractivity contribution in [3.63, 3.8) is 0 Å². The molecule has 0 spiro atoms. The van der Waals surface area contributed by atoms with Crippen LogP contribution in [0, 0.1) is 5.92 Å². The highest BCUT2D eigenvalue weighted by Crippen LogP contribution is 2.37. The lowest BCUT2D eigenvalue weighted by Crippen LogP contribution is -2.30. The summed E-state index contributed by atoms with van der Waals surface area (Å²) in [6, 6.07) is 10.1. The minimum atomic E-state index is -0.0722. The number of anilines is 1. The van der Waals surface area contributed by atoms with Crippen molar-refractivity contribution in [2.24, 2.45) is 5.92 Å². The number of hydrogen-bond donors (Lipinski definition) is 2. The Balaban J connectivity index is 2.14. The maximum Gasteiger partial charge on any atom is 0.158 e. The van der Waals surface area contributed by atoms with Crippen molar-refractivity contribution in [1.29, 1.82) is 0 Å². The molecule has 0 saturated carbocycles. The van der Waals surface area contributed by atoms with E-state index >= 15 is 0 Å². The highest BCUT2D eigenvalue weighted by Gasteiger charge is 2.19. The molecule has 0 amide bonds. The molecule has 132 valence electrons. The molecule has 0 saturated heterocycles. The molecule has 25 heavy (non-hydrogen) atoms. The Morgan fingerprint density at radius 1 is 1.20 bits per heavy atom. The fourth-order valence-electron chi connectivity index (χ4n) is 2.71. The molecule has 0 bridgehead atoms. The van der Waals surface area contributed by atoms with E-state index in [9.17, 15) is 5.11 Å². The summed E-state index contributed by atoms with van der Waals surface area (Å²) in [6.07, 6.45) is 0. The average molecular weight is 357 g/mol. The van der Waals surface area contributed by atoms with Gasteiger partial charge in [0.1, 0.15) is 17.3 Å². The van der Waals surface area contributed by atoms with E-state index in [1.807, 2.05) is 18.2 Å². The molecular formula is C19H23N3O2S. The van der Waals surface area contributed by atoms with Crippen molar-refractivity contribution < 1.29 is 9.84 Å². The van der Waals surface area contributed by atoms with Gasteiger partial charge >= 0.3 is 0 Å². The molecule has 5 nitrogen and oxygen atoms in total. The Morgan fingerprint density at radius 3 is 2.60 bits per heavy atom. The van der Waals surface area contributed by atoms with Gasteiger partial charge in [0.05, 0.1) is 18.0 Å².